The van der Waals surface area contributed by atoms with Gasteiger partial charge in [0.1, 0.15) is 5.69 Å². The van der Waals surface area contributed by atoms with Gasteiger partial charge in [-0.25, -0.2) is 4.79 Å². The van der Waals surface area contributed by atoms with Crippen LogP contribution in [0, 0.1) is 5.41 Å². The average molecular weight is 276 g/mol. The topological polar surface area (TPSA) is 70.5 Å². The Labute approximate surface area is 118 Å². The molecule has 108 valence electrons. The summed E-state index contributed by atoms with van der Waals surface area (Å²) in [6, 6.07) is 2.74. The fourth-order valence-electron chi connectivity index (χ4n) is 2.62. The van der Waals surface area contributed by atoms with Crippen LogP contribution >= 0.6 is 0 Å². The molecule has 1 fully saturated rings. The minimum atomic E-state index is -1.04. The zero-order valence-electron chi connectivity index (χ0n) is 11.9. The number of likely N-dealkylation sites (tertiary alicyclic amines) is 1. The second-order valence-corrected chi connectivity index (χ2v) is 5.73. The van der Waals surface area contributed by atoms with Crippen molar-refractivity contribution in [2.75, 3.05) is 13.1 Å². The Kier molecular flexibility index (Phi) is 4.06. The minimum absolute atomic E-state index is 0.0959. The molecule has 0 saturated carbocycles. The summed E-state index contributed by atoms with van der Waals surface area (Å²) < 4.78 is 0. The summed E-state index contributed by atoms with van der Waals surface area (Å²) in [4.78, 5) is 29.2. The van der Waals surface area contributed by atoms with Gasteiger partial charge in [0.15, 0.2) is 0 Å². The van der Waals surface area contributed by atoms with Crippen LogP contribution in [0.5, 0.6) is 0 Å². The molecule has 0 bridgehead atoms. The maximum atomic E-state index is 12.4. The van der Waals surface area contributed by atoms with Crippen molar-refractivity contribution in [3.8, 4) is 0 Å². The number of piperidine rings is 1. The van der Waals surface area contributed by atoms with Gasteiger partial charge in [-0.3, -0.25) is 9.78 Å². The van der Waals surface area contributed by atoms with Gasteiger partial charge in [-0.05, 0) is 36.8 Å². The normalized spacial score (nSPS) is 22.6. The highest BCUT2D eigenvalue weighted by atomic mass is 16.4. The fraction of sp³-hybridized carbons (Fsp3) is 0.533. The monoisotopic (exact) mass is 276 g/mol. The molecule has 1 amide bonds. The number of carbonyl (C=O) groups is 2. The van der Waals surface area contributed by atoms with E-state index in [-0.39, 0.29) is 22.6 Å². The third-order valence-electron chi connectivity index (χ3n) is 4.15. The molecular formula is C15H20N2O3. The number of carbonyl (C=O) groups excluding carboxylic acids is 1. The van der Waals surface area contributed by atoms with E-state index < -0.39 is 5.97 Å². The molecule has 1 N–H and O–H groups in total. The van der Waals surface area contributed by atoms with Crippen molar-refractivity contribution in [1.82, 2.24) is 9.88 Å². The van der Waals surface area contributed by atoms with Crippen LogP contribution in [0.25, 0.3) is 0 Å². The zero-order valence-corrected chi connectivity index (χ0v) is 11.9. The number of hydrogen-bond acceptors (Lipinski definition) is 3. The van der Waals surface area contributed by atoms with Gasteiger partial charge in [-0.15, -0.1) is 0 Å². The summed E-state index contributed by atoms with van der Waals surface area (Å²) >= 11 is 0. The third kappa shape index (κ3) is 2.98. The van der Waals surface area contributed by atoms with Crippen LogP contribution in [0.3, 0.4) is 0 Å². The van der Waals surface area contributed by atoms with Crippen molar-refractivity contribution < 1.29 is 14.7 Å². The van der Waals surface area contributed by atoms with Crippen LogP contribution in [0.15, 0.2) is 18.3 Å². The summed E-state index contributed by atoms with van der Waals surface area (Å²) in [5.74, 6) is -1.22. The summed E-state index contributed by atoms with van der Waals surface area (Å²) in [6.45, 7) is 5.75. The number of aromatic nitrogens is 1. The van der Waals surface area contributed by atoms with Gasteiger partial charge in [0.2, 0.25) is 0 Å². The molecule has 1 aromatic heterocycles. The van der Waals surface area contributed by atoms with Crippen molar-refractivity contribution >= 4 is 11.9 Å². The number of carboxylic acids is 1. The second-order valence-electron chi connectivity index (χ2n) is 5.73. The highest BCUT2D eigenvalue weighted by Gasteiger charge is 2.32. The van der Waals surface area contributed by atoms with E-state index in [0.717, 1.165) is 19.3 Å². The number of carboxylic acid groups (broad SMARTS) is 1. The minimum Gasteiger partial charge on any atom is -0.478 e. The summed E-state index contributed by atoms with van der Waals surface area (Å²) in [5, 5.41) is 8.97. The first-order chi connectivity index (χ1) is 9.45. The third-order valence-corrected chi connectivity index (χ3v) is 4.15. The van der Waals surface area contributed by atoms with Crippen LogP contribution < -0.4 is 0 Å². The van der Waals surface area contributed by atoms with Crippen LogP contribution in [-0.4, -0.2) is 40.0 Å². The van der Waals surface area contributed by atoms with Crippen molar-refractivity contribution in [3.05, 3.63) is 29.6 Å². The lowest BCUT2D eigenvalue weighted by Crippen LogP contribution is -2.44. The number of nitrogens with zero attached hydrogens (tertiary/aromatic N) is 2. The molecule has 0 aromatic carbocycles. The summed E-state index contributed by atoms with van der Waals surface area (Å²) in [7, 11) is 0. The predicted octanol–water partition coefficient (Wildman–Crippen LogP) is 2.43. The first-order valence-electron chi connectivity index (χ1n) is 6.94. The van der Waals surface area contributed by atoms with E-state index in [1.165, 1.54) is 18.3 Å². The molecule has 0 aliphatic carbocycles. The Bertz CT molecular complexity index is 530. The van der Waals surface area contributed by atoms with E-state index in [9.17, 15) is 9.59 Å². The van der Waals surface area contributed by atoms with Crippen molar-refractivity contribution in [1.29, 1.82) is 0 Å². The van der Waals surface area contributed by atoms with Crippen molar-refractivity contribution in [2.24, 2.45) is 5.41 Å². The first kappa shape index (κ1) is 14.5. The number of rotatable bonds is 3. The van der Waals surface area contributed by atoms with Crippen molar-refractivity contribution in [3.63, 3.8) is 0 Å². The van der Waals surface area contributed by atoms with Gasteiger partial charge in [-0.1, -0.05) is 13.8 Å². The van der Waals surface area contributed by atoms with E-state index in [1.807, 2.05) is 0 Å². The number of pyridine rings is 1. The molecule has 1 unspecified atom stereocenters. The van der Waals surface area contributed by atoms with Gasteiger partial charge in [0.25, 0.3) is 5.91 Å². The van der Waals surface area contributed by atoms with Gasteiger partial charge in [0.05, 0.1) is 5.56 Å². The molecule has 20 heavy (non-hydrogen) atoms. The van der Waals surface area contributed by atoms with Crippen molar-refractivity contribution in [2.45, 2.75) is 33.1 Å². The molecular weight excluding hydrogens is 256 g/mol. The summed E-state index contributed by atoms with van der Waals surface area (Å²) in [6.07, 6.45) is 4.50. The van der Waals surface area contributed by atoms with Gasteiger partial charge in [0, 0.05) is 19.3 Å². The highest BCUT2D eigenvalue weighted by Crippen LogP contribution is 2.32. The van der Waals surface area contributed by atoms with Gasteiger partial charge < -0.3 is 10.0 Å². The smallest absolute Gasteiger partial charge is 0.335 e. The largest absolute Gasteiger partial charge is 0.478 e. The van der Waals surface area contributed by atoms with E-state index in [0.29, 0.717) is 13.1 Å². The lowest BCUT2D eigenvalue weighted by atomic mass is 9.79. The number of amides is 1. The van der Waals surface area contributed by atoms with E-state index in [1.54, 1.807) is 4.90 Å². The van der Waals surface area contributed by atoms with E-state index in [2.05, 4.69) is 18.8 Å². The maximum Gasteiger partial charge on any atom is 0.335 e. The standard InChI is InChI=1S/C15H20N2O3/c1-3-15(2)6-4-8-17(10-15)13(18)12-9-11(14(19)20)5-7-16-12/h5,7,9H,3-4,6,8,10H2,1-2H3,(H,19,20). The van der Waals surface area contributed by atoms with E-state index in [4.69, 9.17) is 5.11 Å². The number of hydrogen-bond donors (Lipinski definition) is 1. The van der Waals surface area contributed by atoms with Crippen LogP contribution in [0.1, 0.15) is 54.0 Å². The van der Waals surface area contributed by atoms with Gasteiger partial charge >= 0.3 is 5.97 Å². The molecule has 5 heteroatoms. The molecule has 1 aromatic rings. The lowest BCUT2D eigenvalue weighted by molar-refractivity contribution is 0.0537. The Morgan fingerprint density at radius 1 is 1.50 bits per heavy atom. The predicted molar refractivity (Wildman–Crippen MR) is 74.7 cm³/mol. The Hall–Kier alpha value is -1.91. The fourth-order valence-corrected chi connectivity index (χ4v) is 2.62. The Morgan fingerprint density at radius 3 is 2.90 bits per heavy atom. The number of aromatic carboxylic acids is 1. The van der Waals surface area contributed by atoms with Crippen LogP contribution in [0.2, 0.25) is 0 Å². The average Bonchev–Trinajstić information content (AvgIpc) is 2.46. The summed E-state index contributed by atoms with van der Waals surface area (Å²) in [5.41, 5.74) is 0.460. The molecule has 2 heterocycles. The second kappa shape index (κ2) is 5.61. The van der Waals surface area contributed by atoms with Crippen LogP contribution in [-0.2, 0) is 0 Å². The molecule has 0 radical (unpaired) electrons. The molecule has 1 atom stereocenters. The molecule has 2 rings (SSSR count). The molecule has 5 nitrogen and oxygen atoms in total. The van der Waals surface area contributed by atoms with E-state index >= 15 is 0 Å². The highest BCUT2D eigenvalue weighted by molar-refractivity contribution is 5.95. The maximum absolute atomic E-state index is 12.4. The Balaban J connectivity index is 2.19. The van der Waals surface area contributed by atoms with Crippen LogP contribution in [0.4, 0.5) is 0 Å². The molecule has 1 aliphatic rings. The molecule has 1 saturated heterocycles. The Morgan fingerprint density at radius 2 is 2.25 bits per heavy atom. The molecule has 0 spiro atoms. The zero-order chi connectivity index (χ0) is 14.8. The molecule has 1 aliphatic heterocycles. The van der Waals surface area contributed by atoms with Gasteiger partial charge in [-0.2, -0.15) is 0 Å². The first-order valence-corrected chi connectivity index (χ1v) is 6.94. The SMILES string of the molecule is CCC1(C)CCCN(C(=O)c2cc(C(=O)O)ccn2)C1. The lowest BCUT2D eigenvalue weighted by Gasteiger charge is -2.39. The quantitative estimate of drug-likeness (QED) is 0.920.